The Morgan fingerprint density at radius 3 is 1.97 bits per heavy atom. The Kier molecular flexibility index (Phi) is 6.18. The summed E-state index contributed by atoms with van der Waals surface area (Å²) >= 11 is 0. The maximum Gasteiger partial charge on any atom is 0.262 e. The fourth-order valence-corrected chi connectivity index (χ4v) is 4.96. The molecule has 0 atom stereocenters. The van der Waals surface area contributed by atoms with Gasteiger partial charge in [-0.2, -0.15) is 0 Å². The van der Waals surface area contributed by atoms with Crippen molar-refractivity contribution in [2.24, 2.45) is 0 Å². The van der Waals surface area contributed by atoms with Gasteiger partial charge in [-0.15, -0.1) is 0 Å². The number of nitrogens with one attached hydrogen (secondary N) is 2. The van der Waals surface area contributed by atoms with Gasteiger partial charge in [-0.1, -0.05) is 18.2 Å². The first kappa shape index (κ1) is 22.5. The molecule has 0 aliphatic rings. The number of hydrogen-bond donors (Lipinski definition) is 2. The van der Waals surface area contributed by atoms with Gasteiger partial charge in [-0.05, 0) is 48.9 Å². The minimum absolute atomic E-state index is 0.0624. The molecule has 0 amide bonds. The number of methoxy groups -OCH3 is 1. The van der Waals surface area contributed by atoms with Crippen LogP contribution in [-0.4, -0.2) is 23.9 Å². The quantitative estimate of drug-likeness (QED) is 0.548. The molecule has 0 aliphatic carbocycles. The highest BCUT2D eigenvalue weighted by atomic mass is 32.2. The molecule has 2 N–H and O–H groups in total. The second-order valence-corrected chi connectivity index (χ2v) is 9.86. The SMILES string of the molecule is COc1ccccc1NS(=O)(=O)c1ccc(C)c(NS(=O)(=O)c2cc(F)cc(F)c2)c1. The number of anilines is 2. The van der Waals surface area contributed by atoms with Gasteiger partial charge < -0.3 is 4.74 Å². The van der Waals surface area contributed by atoms with E-state index in [0.717, 1.165) is 6.07 Å². The van der Waals surface area contributed by atoms with Crippen LogP contribution in [0.2, 0.25) is 0 Å². The van der Waals surface area contributed by atoms with Gasteiger partial charge in [0.1, 0.15) is 17.4 Å². The number of benzene rings is 3. The zero-order valence-corrected chi connectivity index (χ0v) is 18.0. The Bertz CT molecular complexity index is 1320. The molecule has 0 spiro atoms. The van der Waals surface area contributed by atoms with E-state index in [1.54, 1.807) is 25.1 Å². The second kappa shape index (κ2) is 8.52. The number of hydrogen-bond acceptors (Lipinski definition) is 5. The zero-order chi connectivity index (χ0) is 22.8. The van der Waals surface area contributed by atoms with E-state index in [9.17, 15) is 25.6 Å². The third-order valence-corrected chi connectivity index (χ3v) is 6.97. The Hall–Kier alpha value is -3.18. The highest BCUT2D eigenvalue weighted by Gasteiger charge is 2.21. The predicted octanol–water partition coefficient (Wildman–Crippen LogP) is 3.88. The lowest BCUT2D eigenvalue weighted by Crippen LogP contribution is -2.17. The van der Waals surface area contributed by atoms with E-state index < -0.39 is 36.6 Å². The molecule has 0 heterocycles. The highest BCUT2D eigenvalue weighted by molar-refractivity contribution is 7.93. The normalized spacial score (nSPS) is 11.7. The van der Waals surface area contributed by atoms with Gasteiger partial charge in [-0.3, -0.25) is 9.44 Å². The smallest absolute Gasteiger partial charge is 0.262 e. The van der Waals surface area contributed by atoms with Crippen molar-refractivity contribution in [3.8, 4) is 5.75 Å². The van der Waals surface area contributed by atoms with Gasteiger partial charge in [0.15, 0.2) is 0 Å². The van der Waals surface area contributed by atoms with Crippen LogP contribution in [0.4, 0.5) is 20.2 Å². The molecule has 0 bridgehead atoms. The molecule has 0 aliphatic heterocycles. The standard InChI is InChI=1S/C20H18F2N2O5S2/c1-13-7-8-16(30(25,26)23-18-5-3-4-6-20(18)29-2)12-19(13)24-31(27,28)17-10-14(21)9-15(22)11-17/h3-12,23-24H,1-2H3. The maximum absolute atomic E-state index is 13.4. The van der Waals surface area contributed by atoms with Gasteiger partial charge >= 0.3 is 0 Å². The molecule has 3 aromatic carbocycles. The average molecular weight is 469 g/mol. The first-order valence-electron chi connectivity index (χ1n) is 8.77. The molecule has 164 valence electrons. The van der Waals surface area contributed by atoms with Crippen LogP contribution in [-0.2, 0) is 20.0 Å². The number of aryl methyl sites for hydroxylation is 1. The van der Waals surface area contributed by atoms with Crippen molar-refractivity contribution < 1.29 is 30.4 Å². The van der Waals surface area contributed by atoms with E-state index in [2.05, 4.69) is 9.44 Å². The maximum atomic E-state index is 13.4. The van der Waals surface area contributed by atoms with Crippen molar-refractivity contribution in [2.45, 2.75) is 16.7 Å². The summed E-state index contributed by atoms with van der Waals surface area (Å²) in [6.07, 6.45) is 0. The molecule has 0 fully saturated rings. The molecule has 0 unspecified atom stereocenters. The van der Waals surface area contributed by atoms with Crippen molar-refractivity contribution >= 4 is 31.4 Å². The molecule has 0 aromatic heterocycles. The molecule has 7 nitrogen and oxygen atoms in total. The fraction of sp³-hybridized carbons (Fsp3) is 0.100. The monoisotopic (exact) mass is 468 g/mol. The lowest BCUT2D eigenvalue weighted by molar-refractivity contribution is 0.417. The molecule has 0 radical (unpaired) electrons. The van der Waals surface area contributed by atoms with E-state index in [1.165, 1.54) is 25.3 Å². The van der Waals surface area contributed by atoms with E-state index in [1.807, 2.05) is 0 Å². The summed E-state index contributed by atoms with van der Waals surface area (Å²) in [5, 5.41) is 0. The van der Waals surface area contributed by atoms with Crippen LogP contribution in [0.25, 0.3) is 0 Å². The topological polar surface area (TPSA) is 102 Å². The molecule has 3 rings (SSSR count). The Labute approximate surface area is 178 Å². The van der Waals surface area contributed by atoms with Crippen molar-refractivity contribution in [2.75, 3.05) is 16.6 Å². The lowest BCUT2D eigenvalue weighted by atomic mass is 10.2. The van der Waals surface area contributed by atoms with E-state index in [0.29, 0.717) is 29.5 Å². The van der Waals surface area contributed by atoms with Gasteiger partial charge in [0.2, 0.25) is 0 Å². The molecular weight excluding hydrogens is 450 g/mol. The molecule has 11 heteroatoms. The third-order valence-electron chi connectivity index (χ3n) is 4.26. The largest absolute Gasteiger partial charge is 0.495 e. The van der Waals surface area contributed by atoms with Crippen LogP contribution in [0.15, 0.2) is 70.5 Å². The van der Waals surface area contributed by atoms with E-state index in [4.69, 9.17) is 4.74 Å². The number of para-hydroxylation sites is 2. The summed E-state index contributed by atoms with van der Waals surface area (Å²) in [6, 6.07) is 12.0. The Morgan fingerprint density at radius 2 is 1.32 bits per heavy atom. The minimum Gasteiger partial charge on any atom is -0.495 e. The average Bonchev–Trinajstić information content (AvgIpc) is 2.69. The number of rotatable bonds is 7. The van der Waals surface area contributed by atoms with Crippen molar-refractivity contribution in [1.29, 1.82) is 0 Å². The third kappa shape index (κ3) is 5.12. The first-order valence-corrected chi connectivity index (χ1v) is 11.7. The summed E-state index contributed by atoms with van der Waals surface area (Å²) in [5.41, 5.74) is 0.534. The number of ether oxygens (including phenoxy) is 1. The first-order chi connectivity index (χ1) is 14.5. The molecule has 0 saturated heterocycles. The molecule has 0 saturated carbocycles. The van der Waals surface area contributed by atoms with Gasteiger partial charge in [0.05, 0.1) is 28.3 Å². The van der Waals surface area contributed by atoms with E-state index in [-0.39, 0.29) is 16.3 Å². The zero-order valence-electron chi connectivity index (χ0n) is 16.4. The van der Waals surface area contributed by atoms with Crippen LogP contribution in [0.5, 0.6) is 5.75 Å². The van der Waals surface area contributed by atoms with Crippen LogP contribution >= 0.6 is 0 Å². The van der Waals surface area contributed by atoms with Crippen LogP contribution in [0, 0.1) is 18.6 Å². The van der Waals surface area contributed by atoms with Crippen molar-refractivity contribution in [1.82, 2.24) is 0 Å². The van der Waals surface area contributed by atoms with Gasteiger partial charge in [-0.25, -0.2) is 25.6 Å². The summed E-state index contributed by atoms with van der Waals surface area (Å²) in [7, 11) is -7.09. The predicted molar refractivity (Wildman–Crippen MR) is 112 cm³/mol. The Morgan fingerprint density at radius 1 is 0.742 bits per heavy atom. The summed E-state index contributed by atoms with van der Waals surface area (Å²) in [4.78, 5) is -0.864. The van der Waals surface area contributed by atoms with Crippen LogP contribution in [0.1, 0.15) is 5.56 Å². The van der Waals surface area contributed by atoms with Crippen LogP contribution < -0.4 is 14.2 Å². The van der Waals surface area contributed by atoms with E-state index >= 15 is 0 Å². The van der Waals surface area contributed by atoms with Crippen molar-refractivity contribution in [3.05, 3.63) is 77.9 Å². The lowest BCUT2D eigenvalue weighted by Gasteiger charge is -2.15. The van der Waals surface area contributed by atoms with Crippen molar-refractivity contribution in [3.63, 3.8) is 0 Å². The second-order valence-electron chi connectivity index (χ2n) is 6.49. The van der Waals surface area contributed by atoms with Gasteiger partial charge in [0.25, 0.3) is 20.0 Å². The summed E-state index contributed by atoms with van der Waals surface area (Å²) in [6.45, 7) is 1.55. The molecular formula is C20H18F2N2O5S2. The number of halogens is 2. The minimum atomic E-state index is -4.38. The highest BCUT2D eigenvalue weighted by Crippen LogP contribution is 2.28. The van der Waals surface area contributed by atoms with Gasteiger partial charge in [0, 0.05) is 6.07 Å². The van der Waals surface area contributed by atoms with Crippen LogP contribution in [0.3, 0.4) is 0 Å². The summed E-state index contributed by atoms with van der Waals surface area (Å²) < 4.78 is 87.3. The molecule has 31 heavy (non-hydrogen) atoms. The summed E-state index contributed by atoms with van der Waals surface area (Å²) in [5.74, 6) is -1.82. The Balaban J connectivity index is 1.96. The fourth-order valence-electron chi connectivity index (χ4n) is 2.70. The molecule has 3 aromatic rings. The number of sulfonamides is 2.